The van der Waals surface area contributed by atoms with Gasteiger partial charge in [0.15, 0.2) is 0 Å². The predicted molar refractivity (Wildman–Crippen MR) is 75.1 cm³/mol. The Morgan fingerprint density at radius 2 is 2.00 bits per heavy atom. The van der Waals surface area contributed by atoms with Crippen molar-refractivity contribution in [3.63, 3.8) is 0 Å². The fraction of sp³-hybridized carbons (Fsp3) is 0.643. The van der Waals surface area contributed by atoms with Gasteiger partial charge in [-0.3, -0.25) is 4.79 Å². The normalized spacial score (nSPS) is 17.2. The van der Waals surface area contributed by atoms with Crippen molar-refractivity contribution in [2.75, 3.05) is 5.32 Å². The zero-order valence-electron chi connectivity index (χ0n) is 11.6. The first kappa shape index (κ1) is 13.8. The molecule has 1 amide bonds. The molecule has 0 bridgehead atoms. The summed E-state index contributed by atoms with van der Waals surface area (Å²) in [5, 5.41) is 6.20. The van der Waals surface area contributed by atoms with Crippen LogP contribution in [0.1, 0.15) is 56.3 Å². The van der Waals surface area contributed by atoms with Crippen LogP contribution in [0.2, 0.25) is 0 Å². The molecule has 0 radical (unpaired) electrons. The van der Waals surface area contributed by atoms with Gasteiger partial charge in [-0.2, -0.15) is 0 Å². The molecule has 1 aromatic rings. The fourth-order valence-corrected chi connectivity index (χ4v) is 2.18. The summed E-state index contributed by atoms with van der Waals surface area (Å²) in [4.78, 5) is 20.3. The van der Waals surface area contributed by atoms with Gasteiger partial charge in [-0.1, -0.05) is 19.8 Å². The standard InChI is InChI=1S/C14H22N4O/c1-3-10(2)17-14-15-8-11(9-16-14)13(19)18-12-6-4-5-7-12/h8-10,12H,3-7H2,1-2H3,(H,18,19)(H,15,16,17). The van der Waals surface area contributed by atoms with E-state index < -0.39 is 0 Å². The van der Waals surface area contributed by atoms with Gasteiger partial charge in [0.05, 0.1) is 5.56 Å². The molecule has 1 aromatic heterocycles. The number of hydrogen-bond donors (Lipinski definition) is 2. The molecule has 2 N–H and O–H groups in total. The van der Waals surface area contributed by atoms with Crippen LogP contribution in [0.15, 0.2) is 12.4 Å². The molecule has 1 atom stereocenters. The molecule has 2 rings (SSSR count). The van der Waals surface area contributed by atoms with Gasteiger partial charge >= 0.3 is 0 Å². The van der Waals surface area contributed by atoms with Crippen LogP contribution >= 0.6 is 0 Å². The summed E-state index contributed by atoms with van der Waals surface area (Å²) >= 11 is 0. The maximum Gasteiger partial charge on any atom is 0.254 e. The number of nitrogens with zero attached hydrogens (tertiary/aromatic N) is 2. The molecule has 1 saturated carbocycles. The summed E-state index contributed by atoms with van der Waals surface area (Å²) in [5.41, 5.74) is 0.529. The molecular formula is C14H22N4O. The third-order valence-electron chi connectivity index (χ3n) is 3.59. The van der Waals surface area contributed by atoms with Crippen molar-refractivity contribution in [2.45, 2.75) is 58.0 Å². The lowest BCUT2D eigenvalue weighted by Gasteiger charge is -2.13. The Kier molecular flexibility index (Phi) is 4.71. The van der Waals surface area contributed by atoms with Crippen LogP contribution in [0, 0.1) is 0 Å². The second-order valence-corrected chi connectivity index (χ2v) is 5.20. The third-order valence-corrected chi connectivity index (χ3v) is 3.59. The summed E-state index contributed by atoms with van der Waals surface area (Å²) in [6.07, 6.45) is 8.76. The SMILES string of the molecule is CCC(C)Nc1ncc(C(=O)NC2CCCC2)cn1. The highest BCUT2D eigenvalue weighted by molar-refractivity contribution is 5.93. The van der Waals surface area contributed by atoms with Gasteiger partial charge in [-0.25, -0.2) is 9.97 Å². The Balaban J connectivity index is 1.91. The van der Waals surface area contributed by atoms with Crippen molar-refractivity contribution >= 4 is 11.9 Å². The van der Waals surface area contributed by atoms with Crippen molar-refractivity contribution in [1.82, 2.24) is 15.3 Å². The smallest absolute Gasteiger partial charge is 0.254 e. The third kappa shape index (κ3) is 3.91. The minimum atomic E-state index is -0.0676. The lowest BCUT2D eigenvalue weighted by Crippen LogP contribution is -2.32. The molecule has 5 nitrogen and oxygen atoms in total. The molecule has 0 spiro atoms. The number of carbonyl (C=O) groups excluding carboxylic acids is 1. The van der Waals surface area contributed by atoms with Crippen LogP contribution in [-0.4, -0.2) is 28.0 Å². The molecule has 1 aliphatic rings. The number of amides is 1. The number of aromatic nitrogens is 2. The molecule has 1 fully saturated rings. The quantitative estimate of drug-likeness (QED) is 0.855. The maximum atomic E-state index is 12.0. The molecule has 0 aromatic carbocycles. The van der Waals surface area contributed by atoms with Gasteiger partial charge in [-0.05, 0) is 26.2 Å². The van der Waals surface area contributed by atoms with E-state index in [4.69, 9.17) is 0 Å². The number of carbonyl (C=O) groups is 1. The number of hydrogen-bond acceptors (Lipinski definition) is 4. The Labute approximate surface area is 114 Å². The lowest BCUT2D eigenvalue weighted by atomic mass is 10.2. The first-order valence-electron chi connectivity index (χ1n) is 7.08. The van der Waals surface area contributed by atoms with Crippen molar-refractivity contribution in [1.29, 1.82) is 0 Å². The van der Waals surface area contributed by atoms with Crippen LogP contribution in [0.4, 0.5) is 5.95 Å². The molecule has 19 heavy (non-hydrogen) atoms. The molecule has 1 unspecified atom stereocenters. The van der Waals surface area contributed by atoms with E-state index in [1.165, 1.54) is 12.8 Å². The minimum absolute atomic E-state index is 0.0676. The monoisotopic (exact) mass is 262 g/mol. The van der Waals surface area contributed by atoms with E-state index >= 15 is 0 Å². The highest BCUT2D eigenvalue weighted by atomic mass is 16.1. The van der Waals surface area contributed by atoms with Crippen molar-refractivity contribution in [2.24, 2.45) is 0 Å². The Hall–Kier alpha value is -1.65. The summed E-state index contributed by atoms with van der Waals surface area (Å²) in [6.45, 7) is 4.17. The molecule has 0 aliphatic heterocycles. The lowest BCUT2D eigenvalue weighted by molar-refractivity contribution is 0.0937. The van der Waals surface area contributed by atoms with Crippen molar-refractivity contribution in [3.8, 4) is 0 Å². The van der Waals surface area contributed by atoms with E-state index in [0.29, 0.717) is 23.6 Å². The Morgan fingerprint density at radius 1 is 1.37 bits per heavy atom. The minimum Gasteiger partial charge on any atom is -0.352 e. The number of nitrogens with one attached hydrogen (secondary N) is 2. The predicted octanol–water partition coefficient (Wildman–Crippen LogP) is 2.36. The van der Waals surface area contributed by atoms with E-state index in [1.807, 2.05) is 0 Å². The van der Waals surface area contributed by atoms with Crippen LogP contribution in [-0.2, 0) is 0 Å². The Morgan fingerprint density at radius 3 is 2.58 bits per heavy atom. The molecule has 0 saturated heterocycles. The van der Waals surface area contributed by atoms with E-state index in [0.717, 1.165) is 19.3 Å². The zero-order chi connectivity index (χ0) is 13.7. The van der Waals surface area contributed by atoms with Crippen molar-refractivity contribution in [3.05, 3.63) is 18.0 Å². The first-order chi connectivity index (χ1) is 9.19. The van der Waals surface area contributed by atoms with Gasteiger partial charge in [0, 0.05) is 24.5 Å². The topological polar surface area (TPSA) is 66.9 Å². The van der Waals surface area contributed by atoms with Crippen LogP contribution in [0.25, 0.3) is 0 Å². The van der Waals surface area contributed by atoms with E-state index in [9.17, 15) is 4.79 Å². The van der Waals surface area contributed by atoms with Gasteiger partial charge in [0.25, 0.3) is 5.91 Å². The second kappa shape index (κ2) is 6.50. The van der Waals surface area contributed by atoms with Crippen LogP contribution < -0.4 is 10.6 Å². The van der Waals surface area contributed by atoms with E-state index in [1.54, 1.807) is 12.4 Å². The Bertz CT molecular complexity index is 412. The molecule has 5 heteroatoms. The van der Waals surface area contributed by atoms with Crippen LogP contribution in [0.3, 0.4) is 0 Å². The number of anilines is 1. The van der Waals surface area contributed by atoms with Gasteiger partial charge in [-0.15, -0.1) is 0 Å². The summed E-state index contributed by atoms with van der Waals surface area (Å²) in [5.74, 6) is 0.508. The van der Waals surface area contributed by atoms with Gasteiger partial charge in [0.1, 0.15) is 0 Å². The fourth-order valence-electron chi connectivity index (χ4n) is 2.18. The highest BCUT2D eigenvalue weighted by Gasteiger charge is 2.18. The summed E-state index contributed by atoms with van der Waals surface area (Å²) < 4.78 is 0. The van der Waals surface area contributed by atoms with Gasteiger partial charge < -0.3 is 10.6 Å². The molecule has 1 heterocycles. The number of rotatable bonds is 5. The summed E-state index contributed by atoms with van der Waals surface area (Å²) in [6, 6.07) is 0.656. The van der Waals surface area contributed by atoms with Crippen molar-refractivity contribution < 1.29 is 4.79 Å². The average Bonchev–Trinajstić information content (AvgIpc) is 2.92. The largest absolute Gasteiger partial charge is 0.352 e. The summed E-state index contributed by atoms with van der Waals surface area (Å²) in [7, 11) is 0. The first-order valence-corrected chi connectivity index (χ1v) is 7.08. The maximum absolute atomic E-state index is 12.0. The molecule has 104 valence electrons. The zero-order valence-corrected chi connectivity index (χ0v) is 11.6. The van der Waals surface area contributed by atoms with E-state index in [-0.39, 0.29) is 5.91 Å². The molecule has 1 aliphatic carbocycles. The van der Waals surface area contributed by atoms with Gasteiger partial charge in [0.2, 0.25) is 5.95 Å². The second-order valence-electron chi connectivity index (χ2n) is 5.20. The van der Waals surface area contributed by atoms with E-state index in [2.05, 4.69) is 34.4 Å². The highest BCUT2D eigenvalue weighted by Crippen LogP contribution is 2.18. The molecular weight excluding hydrogens is 240 g/mol. The van der Waals surface area contributed by atoms with Crippen LogP contribution in [0.5, 0.6) is 0 Å². The average molecular weight is 262 g/mol.